The van der Waals surface area contributed by atoms with Crippen molar-refractivity contribution in [3.63, 3.8) is 0 Å². The average molecular weight is 388 g/mol. The van der Waals surface area contributed by atoms with Gasteiger partial charge in [0.05, 0.1) is 18.8 Å². The third-order valence-electron chi connectivity index (χ3n) is 5.33. The third kappa shape index (κ3) is 5.62. The van der Waals surface area contributed by atoms with Crippen LogP contribution in [0.3, 0.4) is 0 Å². The molecule has 4 heteroatoms. The molecule has 1 saturated heterocycles. The minimum absolute atomic E-state index is 0.0504. The Hall–Kier alpha value is -1.78. The Kier molecular flexibility index (Phi) is 7.57. The van der Waals surface area contributed by atoms with E-state index in [0.717, 1.165) is 50.9 Å². The average Bonchev–Trinajstić information content (AvgIpc) is 2.68. The van der Waals surface area contributed by atoms with E-state index in [1.807, 2.05) is 19.1 Å². The highest BCUT2D eigenvalue weighted by Gasteiger charge is 2.21. The highest BCUT2D eigenvalue weighted by molar-refractivity contribution is 5.65. The monoisotopic (exact) mass is 388 g/mol. The molecule has 0 aromatic heterocycles. The second kappa shape index (κ2) is 10.1. The quantitative estimate of drug-likeness (QED) is 0.484. The Labute approximate surface area is 166 Å². The molecule has 0 atom stereocenters. The zero-order valence-electron chi connectivity index (χ0n) is 16.8. The first-order valence-corrected chi connectivity index (χ1v) is 10.3. The number of ether oxygens (including phenoxy) is 2. The molecule has 0 unspecified atom stereocenters. The number of aryl methyl sites for hydroxylation is 2. The Morgan fingerprint density at radius 1 is 0.929 bits per heavy atom. The lowest BCUT2D eigenvalue weighted by Crippen LogP contribution is -2.31. The Balaban J connectivity index is 1.48. The molecule has 2 aromatic carbocycles. The number of hydrogen-bond donors (Lipinski definition) is 0. The summed E-state index contributed by atoms with van der Waals surface area (Å²) in [6.07, 6.45) is 5.39. The molecule has 1 fully saturated rings. The van der Waals surface area contributed by atoms with E-state index in [1.54, 1.807) is 12.1 Å². The standard InChI is InChI=1S/C24H30F2O2/c1-3-6-19-15-27-23(28-16-19)8-5-4-7-18-13-21(25)24(22(26)14-18)20-11-9-17(2)10-12-20/h9-14,19,23H,3-8,15-16H2,1-2H3. The van der Waals surface area contributed by atoms with Crippen LogP contribution in [0.2, 0.25) is 0 Å². The number of benzene rings is 2. The molecule has 0 N–H and O–H groups in total. The summed E-state index contributed by atoms with van der Waals surface area (Å²) in [5, 5.41) is 0. The Morgan fingerprint density at radius 2 is 1.57 bits per heavy atom. The maximum atomic E-state index is 14.5. The van der Waals surface area contributed by atoms with Gasteiger partial charge in [0.25, 0.3) is 0 Å². The summed E-state index contributed by atoms with van der Waals surface area (Å²) in [6, 6.07) is 10.2. The first-order valence-electron chi connectivity index (χ1n) is 10.3. The van der Waals surface area contributed by atoms with Crippen LogP contribution in [0.25, 0.3) is 11.1 Å². The van der Waals surface area contributed by atoms with Crippen molar-refractivity contribution in [3.8, 4) is 11.1 Å². The van der Waals surface area contributed by atoms with Crippen LogP contribution in [0.5, 0.6) is 0 Å². The van der Waals surface area contributed by atoms with Crippen LogP contribution in [-0.2, 0) is 15.9 Å². The minimum atomic E-state index is -0.500. The van der Waals surface area contributed by atoms with Crippen LogP contribution >= 0.6 is 0 Å². The second-order valence-electron chi connectivity index (χ2n) is 7.80. The summed E-state index contributed by atoms with van der Waals surface area (Å²) in [6.45, 7) is 5.67. The van der Waals surface area contributed by atoms with Crippen molar-refractivity contribution >= 4 is 0 Å². The van der Waals surface area contributed by atoms with E-state index < -0.39 is 11.6 Å². The lowest BCUT2D eigenvalue weighted by atomic mass is 9.99. The maximum Gasteiger partial charge on any atom is 0.157 e. The van der Waals surface area contributed by atoms with Gasteiger partial charge < -0.3 is 9.47 Å². The molecule has 152 valence electrons. The van der Waals surface area contributed by atoms with Crippen LogP contribution in [0.4, 0.5) is 8.78 Å². The fourth-order valence-corrected chi connectivity index (χ4v) is 3.73. The Morgan fingerprint density at radius 3 is 2.18 bits per heavy atom. The number of rotatable bonds is 8. The van der Waals surface area contributed by atoms with Crippen molar-refractivity contribution in [3.05, 3.63) is 59.2 Å². The van der Waals surface area contributed by atoms with E-state index in [9.17, 15) is 8.78 Å². The molecule has 2 nitrogen and oxygen atoms in total. The molecule has 2 aromatic rings. The predicted octanol–water partition coefficient (Wildman–Crippen LogP) is 6.44. The summed E-state index contributed by atoms with van der Waals surface area (Å²) < 4.78 is 40.6. The van der Waals surface area contributed by atoms with E-state index in [4.69, 9.17) is 9.47 Å². The van der Waals surface area contributed by atoms with Gasteiger partial charge in [-0.2, -0.15) is 0 Å². The number of halogens is 2. The van der Waals surface area contributed by atoms with E-state index in [-0.39, 0.29) is 11.9 Å². The van der Waals surface area contributed by atoms with Gasteiger partial charge in [0, 0.05) is 5.92 Å². The van der Waals surface area contributed by atoms with Crippen LogP contribution in [0, 0.1) is 24.5 Å². The van der Waals surface area contributed by atoms with Gasteiger partial charge in [-0.3, -0.25) is 0 Å². The van der Waals surface area contributed by atoms with Crippen molar-refractivity contribution in [2.24, 2.45) is 5.92 Å². The van der Waals surface area contributed by atoms with E-state index in [0.29, 0.717) is 23.5 Å². The van der Waals surface area contributed by atoms with Gasteiger partial charge in [-0.1, -0.05) is 43.2 Å². The van der Waals surface area contributed by atoms with Crippen LogP contribution in [0.1, 0.15) is 50.2 Å². The van der Waals surface area contributed by atoms with Gasteiger partial charge in [0.2, 0.25) is 0 Å². The van der Waals surface area contributed by atoms with Crippen molar-refractivity contribution in [2.45, 2.75) is 58.7 Å². The van der Waals surface area contributed by atoms with Gasteiger partial charge in [-0.15, -0.1) is 0 Å². The van der Waals surface area contributed by atoms with E-state index >= 15 is 0 Å². The van der Waals surface area contributed by atoms with Crippen LogP contribution in [0.15, 0.2) is 36.4 Å². The molecule has 3 rings (SSSR count). The van der Waals surface area contributed by atoms with Gasteiger partial charge in [0.15, 0.2) is 6.29 Å². The summed E-state index contributed by atoms with van der Waals surface area (Å²) in [5.74, 6) is -0.487. The number of unbranched alkanes of at least 4 members (excludes halogenated alkanes) is 1. The second-order valence-corrected chi connectivity index (χ2v) is 7.80. The largest absolute Gasteiger partial charge is 0.352 e. The maximum absolute atomic E-state index is 14.5. The normalized spacial score (nSPS) is 19.7. The molecule has 1 aliphatic heterocycles. The van der Waals surface area contributed by atoms with E-state index in [1.165, 1.54) is 12.1 Å². The molecule has 1 heterocycles. The fourth-order valence-electron chi connectivity index (χ4n) is 3.73. The van der Waals surface area contributed by atoms with Crippen molar-refractivity contribution < 1.29 is 18.3 Å². The zero-order chi connectivity index (χ0) is 19.9. The number of hydrogen-bond acceptors (Lipinski definition) is 2. The van der Waals surface area contributed by atoms with Crippen LogP contribution in [-0.4, -0.2) is 19.5 Å². The van der Waals surface area contributed by atoms with E-state index in [2.05, 4.69) is 6.92 Å². The predicted molar refractivity (Wildman–Crippen MR) is 108 cm³/mol. The van der Waals surface area contributed by atoms with Crippen molar-refractivity contribution in [2.75, 3.05) is 13.2 Å². The molecular weight excluding hydrogens is 358 g/mol. The fraction of sp³-hybridized carbons (Fsp3) is 0.500. The SMILES string of the molecule is CCCC1COC(CCCCc2cc(F)c(-c3ccc(C)cc3)c(F)c2)OC1. The molecule has 28 heavy (non-hydrogen) atoms. The van der Waals surface area contributed by atoms with Crippen molar-refractivity contribution in [1.82, 2.24) is 0 Å². The summed E-state index contributed by atoms with van der Waals surface area (Å²) in [5.41, 5.74) is 2.38. The lowest BCUT2D eigenvalue weighted by Gasteiger charge is -2.29. The molecule has 0 radical (unpaired) electrons. The summed E-state index contributed by atoms with van der Waals surface area (Å²) in [7, 11) is 0. The third-order valence-corrected chi connectivity index (χ3v) is 5.33. The molecule has 0 saturated carbocycles. The lowest BCUT2D eigenvalue weighted by molar-refractivity contribution is -0.204. The molecular formula is C24H30F2O2. The first-order chi connectivity index (χ1) is 13.6. The smallest absolute Gasteiger partial charge is 0.157 e. The van der Waals surface area contributed by atoms with Gasteiger partial charge in [-0.05, 0) is 62.3 Å². The van der Waals surface area contributed by atoms with Crippen molar-refractivity contribution in [1.29, 1.82) is 0 Å². The zero-order valence-corrected chi connectivity index (χ0v) is 16.8. The Bertz CT molecular complexity index is 727. The van der Waals surface area contributed by atoms with Crippen LogP contribution < -0.4 is 0 Å². The molecule has 0 amide bonds. The van der Waals surface area contributed by atoms with Gasteiger partial charge in [-0.25, -0.2) is 8.78 Å². The topological polar surface area (TPSA) is 18.5 Å². The summed E-state index contributed by atoms with van der Waals surface area (Å²) in [4.78, 5) is 0. The first kappa shape index (κ1) is 20.9. The van der Waals surface area contributed by atoms with Gasteiger partial charge in [0.1, 0.15) is 11.6 Å². The molecule has 0 bridgehead atoms. The highest BCUT2D eigenvalue weighted by atomic mass is 19.1. The highest BCUT2D eigenvalue weighted by Crippen LogP contribution is 2.28. The molecule has 1 aliphatic rings. The molecule has 0 spiro atoms. The van der Waals surface area contributed by atoms with Gasteiger partial charge >= 0.3 is 0 Å². The minimum Gasteiger partial charge on any atom is -0.352 e. The summed E-state index contributed by atoms with van der Waals surface area (Å²) >= 11 is 0. The molecule has 0 aliphatic carbocycles.